The molecular weight excluding hydrogens is 203 g/mol. The van der Waals surface area contributed by atoms with Gasteiger partial charge < -0.3 is 10.8 Å². The van der Waals surface area contributed by atoms with Crippen molar-refractivity contribution in [3.8, 4) is 0 Å². The number of alkyl halides is 2. The molecule has 0 amide bonds. The zero-order valence-electron chi connectivity index (χ0n) is 6.54. The van der Waals surface area contributed by atoms with E-state index in [2.05, 4.69) is 0 Å². The average Bonchev–Trinajstić information content (AvgIpc) is 2.03. The summed E-state index contributed by atoms with van der Waals surface area (Å²) in [4.78, 5) is 12.0. The van der Waals surface area contributed by atoms with Crippen molar-refractivity contribution >= 4 is 29.2 Å². The number of rotatable bonds is 6. The van der Waals surface area contributed by atoms with Gasteiger partial charge in [0, 0.05) is 24.8 Å². The summed E-state index contributed by atoms with van der Waals surface area (Å²) in [5.41, 5.74) is 5.34. The van der Waals surface area contributed by atoms with Crippen molar-refractivity contribution < 1.29 is 9.90 Å². The third-order valence-electron chi connectivity index (χ3n) is 1.39. The summed E-state index contributed by atoms with van der Waals surface area (Å²) < 4.78 is 0. The lowest BCUT2D eigenvalue weighted by atomic mass is 10.4. The monoisotopic (exact) mass is 214 g/mol. The van der Waals surface area contributed by atoms with Crippen molar-refractivity contribution in [2.45, 2.75) is 6.17 Å². The van der Waals surface area contributed by atoms with E-state index in [0.29, 0.717) is 24.8 Å². The molecule has 3 N–H and O–H groups in total. The smallest absolute Gasteiger partial charge is 0.335 e. The summed E-state index contributed by atoms with van der Waals surface area (Å²) in [7, 11) is 0. The molecule has 0 aliphatic rings. The maximum Gasteiger partial charge on any atom is 0.335 e. The van der Waals surface area contributed by atoms with E-state index in [9.17, 15) is 4.79 Å². The predicted octanol–water partition coefficient (Wildman–Crippen LogP) is 0.135. The van der Waals surface area contributed by atoms with E-state index in [1.807, 2.05) is 0 Å². The molecule has 0 rings (SSSR count). The third kappa shape index (κ3) is 4.11. The first kappa shape index (κ1) is 12.0. The third-order valence-corrected chi connectivity index (χ3v) is 1.73. The van der Waals surface area contributed by atoms with Crippen LogP contribution >= 0.6 is 23.2 Å². The van der Waals surface area contributed by atoms with Gasteiger partial charge in [0.2, 0.25) is 0 Å². The number of hydrogen-bond donors (Lipinski definition) is 2. The van der Waals surface area contributed by atoms with Gasteiger partial charge in [-0.15, -0.1) is 23.2 Å². The Hall–Kier alpha value is -0.0300. The van der Waals surface area contributed by atoms with Gasteiger partial charge in [0.25, 0.3) is 0 Å². The molecule has 0 aromatic rings. The molecule has 1 atom stereocenters. The maximum absolute atomic E-state index is 10.4. The van der Waals surface area contributed by atoms with Crippen LogP contribution in [-0.2, 0) is 4.79 Å². The van der Waals surface area contributed by atoms with Crippen LogP contribution in [0.25, 0.3) is 0 Å². The van der Waals surface area contributed by atoms with Gasteiger partial charge in [-0.1, -0.05) is 0 Å². The minimum absolute atomic E-state index is 0.345. The molecule has 6 heteroatoms. The van der Waals surface area contributed by atoms with E-state index in [1.54, 1.807) is 0 Å². The van der Waals surface area contributed by atoms with Gasteiger partial charge >= 0.3 is 5.97 Å². The summed E-state index contributed by atoms with van der Waals surface area (Å²) in [6, 6.07) is 0. The molecule has 0 heterocycles. The summed E-state index contributed by atoms with van der Waals surface area (Å²) in [5, 5.41) is 8.55. The quantitative estimate of drug-likeness (QED) is 0.488. The van der Waals surface area contributed by atoms with E-state index in [4.69, 9.17) is 34.0 Å². The molecule has 0 aliphatic carbocycles. The lowest BCUT2D eigenvalue weighted by molar-refractivity contribution is -0.142. The first-order valence-corrected chi connectivity index (χ1v) is 4.54. The van der Waals surface area contributed by atoms with Gasteiger partial charge in [-0.3, -0.25) is 4.90 Å². The number of carboxylic acid groups (broad SMARTS) is 1. The van der Waals surface area contributed by atoms with Gasteiger partial charge in [-0.2, -0.15) is 0 Å². The van der Waals surface area contributed by atoms with Crippen molar-refractivity contribution in [2.75, 3.05) is 24.8 Å². The maximum atomic E-state index is 10.4. The Labute approximate surface area is 81.2 Å². The van der Waals surface area contributed by atoms with E-state index in [0.717, 1.165) is 0 Å². The summed E-state index contributed by atoms with van der Waals surface area (Å²) in [6.45, 7) is 0.865. The molecule has 4 nitrogen and oxygen atoms in total. The average molecular weight is 215 g/mol. The van der Waals surface area contributed by atoms with E-state index < -0.39 is 12.1 Å². The Morgan fingerprint density at radius 1 is 1.42 bits per heavy atom. The standard InChI is InChI=1S/C6H12Cl2N2O2/c7-1-3-10(4-2-8)5(9)6(11)12/h5H,1-4,9H2,(H,11,12). The topological polar surface area (TPSA) is 66.6 Å². The molecule has 0 aliphatic heterocycles. The molecule has 0 saturated heterocycles. The second-order valence-electron chi connectivity index (χ2n) is 2.20. The highest BCUT2D eigenvalue weighted by Gasteiger charge is 2.19. The van der Waals surface area contributed by atoms with E-state index in [-0.39, 0.29) is 0 Å². The molecule has 1 unspecified atom stereocenters. The van der Waals surface area contributed by atoms with Gasteiger partial charge in [0.15, 0.2) is 6.17 Å². The Morgan fingerprint density at radius 2 is 1.83 bits per heavy atom. The highest BCUT2D eigenvalue weighted by molar-refractivity contribution is 6.18. The molecule has 0 spiro atoms. The SMILES string of the molecule is NC(C(=O)O)N(CCCl)CCCl. The van der Waals surface area contributed by atoms with Crippen molar-refractivity contribution in [3.63, 3.8) is 0 Å². The lowest BCUT2D eigenvalue weighted by Gasteiger charge is -2.23. The van der Waals surface area contributed by atoms with Gasteiger partial charge in [-0.25, -0.2) is 4.79 Å². The van der Waals surface area contributed by atoms with Crippen molar-refractivity contribution in [2.24, 2.45) is 5.73 Å². The van der Waals surface area contributed by atoms with E-state index >= 15 is 0 Å². The fraction of sp³-hybridized carbons (Fsp3) is 0.833. The molecule has 72 valence electrons. The Kier molecular flexibility index (Phi) is 6.47. The molecule has 0 radical (unpaired) electrons. The lowest BCUT2D eigenvalue weighted by Crippen LogP contribution is -2.49. The summed E-state index contributed by atoms with van der Waals surface area (Å²) >= 11 is 10.9. The fourth-order valence-electron chi connectivity index (χ4n) is 0.763. The number of carbonyl (C=O) groups is 1. The highest BCUT2D eigenvalue weighted by atomic mass is 35.5. The first-order valence-electron chi connectivity index (χ1n) is 3.47. The van der Waals surface area contributed by atoms with Gasteiger partial charge in [0.1, 0.15) is 0 Å². The Bertz CT molecular complexity index is 140. The predicted molar refractivity (Wildman–Crippen MR) is 48.6 cm³/mol. The Balaban J connectivity index is 3.98. The van der Waals surface area contributed by atoms with Crippen LogP contribution in [0.2, 0.25) is 0 Å². The molecule has 0 aromatic carbocycles. The number of aliphatic carboxylic acids is 1. The largest absolute Gasteiger partial charge is 0.479 e. The molecule has 0 fully saturated rings. The highest BCUT2D eigenvalue weighted by Crippen LogP contribution is 1.96. The summed E-state index contributed by atoms with van der Waals surface area (Å²) in [5.74, 6) is -0.374. The molecule has 0 aromatic heterocycles. The normalized spacial score (nSPS) is 13.3. The van der Waals surface area contributed by atoms with Crippen LogP contribution < -0.4 is 5.73 Å². The number of nitrogens with two attached hydrogens (primary N) is 1. The molecule has 0 saturated carbocycles. The van der Waals surface area contributed by atoms with Crippen molar-refractivity contribution in [1.82, 2.24) is 4.90 Å². The van der Waals surface area contributed by atoms with E-state index in [1.165, 1.54) is 4.90 Å². The van der Waals surface area contributed by atoms with Crippen LogP contribution in [0.4, 0.5) is 0 Å². The first-order chi connectivity index (χ1) is 5.63. The van der Waals surface area contributed by atoms with Crippen molar-refractivity contribution in [3.05, 3.63) is 0 Å². The number of halogens is 2. The van der Waals surface area contributed by atoms with Crippen LogP contribution in [0.1, 0.15) is 0 Å². The fourth-order valence-corrected chi connectivity index (χ4v) is 1.20. The van der Waals surface area contributed by atoms with Crippen LogP contribution in [0.5, 0.6) is 0 Å². The summed E-state index contributed by atoms with van der Waals surface area (Å²) in [6.07, 6.45) is -1.01. The van der Waals surface area contributed by atoms with Crippen LogP contribution in [0.3, 0.4) is 0 Å². The zero-order valence-corrected chi connectivity index (χ0v) is 8.05. The Morgan fingerprint density at radius 3 is 2.08 bits per heavy atom. The van der Waals surface area contributed by atoms with Crippen LogP contribution in [0.15, 0.2) is 0 Å². The molecule has 0 bridgehead atoms. The number of carboxylic acids is 1. The van der Waals surface area contributed by atoms with Crippen LogP contribution in [0, 0.1) is 0 Å². The van der Waals surface area contributed by atoms with Gasteiger partial charge in [-0.05, 0) is 0 Å². The number of hydrogen-bond acceptors (Lipinski definition) is 3. The van der Waals surface area contributed by atoms with Gasteiger partial charge in [0.05, 0.1) is 0 Å². The second kappa shape index (κ2) is 6.48. The minimum atomic E-state index is -1.06. The molecule has 12 heavy (non-hydrogen) atoms. The van der Waals surface area contributed by atoms with Crippen LogP contribution in [-0.4, -0.2) is 47.0 Å². The van der Waals surface area contributed by atoms with Crippen molar-refractivity contribution in [1.29, 1.82) is 0 Å². The number of nitrogens with zero attached hydrogens (tertiary/aromatic N) is 1. The minimum Gasteiger partial charge on any atom is -0.479 e. The zero-order chi connectivity index (χ0) is 9.56. The second-order valence-corrected chi connectivity index (χ2v) is 2.95. The molecular formula is C6H12Cl2N2O2.